The SMILES string of the molecule is COc1ccc2cc(/C=C/CO)[nH]c2c1. The molecule has 0 amide bonds. The van der Waals surface area contributed by atoms with E-state index in [0.717, 1.165) is 22.3 Å². The molecule has 15 heavy (non-hydrogen) atoms. The van der Waals surface area contributed by atoms with E-state index in [1.165, 1.54) is 0 Å². The first kappa shape index (κ1) is 9.80. The van der Waals surface area contributed by atoms with Crippen LogP contribution < -0.4 is 4.74 Å². The van der Waals surface area contributed by atoms with Crippen molar-refractivity contribution in [3.63, 3.8) is 0 Å². The van der Waals surface area contributed by atoms with Crippen LogP contribution in [-0.2, 0) is 0 Å². The van der Waals surface area contributed by atoms with Gasteiger partial charge in [0.05, 0.1) is 13.7 Å². The van der Waals surface area contributed by atoms with Crippen LogP contribution in [-0.4, -0.2) is 23.8 Å². The molecule has 2 aromatic rings. The van der Waals surface area contributed by atoms with Crippen LogP contribution in [0.5, 0.6) is 5.75 Å². The van der Waals surface area contributed by atoms with E-state index in [0.29, 0.717) is 0 Å². The molecule has 0 fully saturated rings. The van der Waals surface area contributed by atoms with Crippen molar-refractivity contribution in [1.82, 2.24) is 4.98 Å². The lowest BCUT2D eigenvalue weighted by molar-refractivity contribution is 0.343. The minimum Gasteiger partial charge on any atom is -0.497 e. The van der Waals surface area contributed by atoms with Gasteiger partial charge in [0, 0.05) is 22.7 Å². The molecule has 1 aromatic carbocycles. The Morgan fingerprint density at radius 3 is 3.00 bits per heavy atom. The highest BCUT2D eigenvalue weighted by atomic mass is 16.5. The first-order valence-corrected chi connectivity index (χ1v) is 4.77. The third-order valence-corrected chi connectivity index (χ3v) is 2.25. The second-order valence-electron chi connectivity index (χ2n) is 3.26. The molecular formula is C12H13NO2. The summed E-state index contributed by atoms with van der Waals surface area (Å²) in [4.78, 5) is 3.23. The molecule has 0 aliphatic rings. The molecule has 2 rings (SSSR count). The van der Waals surface area contributed by atoms with E-state index in [-0.39, 0.29) is 6.61 Å². The third-order valence-electron chi connectivity index (χ3n) is 2.25. The zero-order chi connectivity index (χ0) is 10.7. The predicted molar refractivity (Wildman–Crippen MR) is 61.0 cm³/mol. The van der Waals surface area contributed by atoms with Crippen molar-refractivity contribution in [3.05, 3.63) is 36.0 Å². The number of methoxy groups -OCH3 is 1. The lowest BCUT2D eigenvalue weighted by Gasteiger charge is -1.97. The van der Waals surface area contributed by atoms with Crippen molar-refractivity contribution < 1.29 is 9.84 Å². The van der Waals surface area contributed by atoms with E-state index in [9.17, 15) is 0 Å². The van der Waals surface area contributed by atoms with Gasteiger partial charge in [0.1, 0.15) is 5.75 Å². The summed E-state index contributed by atoms with van der Waals surface area (Å²) in [6.07, 6.45) is 3.55. The van der Waals surface area contributed by atoms with E-state index < -0.39 is 0 Å². The molecule has 3 nitrogen and oxygen atoms in total. The molecule has 0 spiro atoms. The number of ether oxygens (including phenoxy) is 1. The minimum atomic E-state index is 0.0543. The third kappa shape index (κ3) is 2.02. The topological polar surface area (TPSA) is 45.2 Å². The van der Waals surface area contributed by atoms with Crippen LogP contribution in [0.2, 0.25) is 0 Å². The van der Waals surface area contributed by atoms with Crippen molar-refractivity contribution in [1.29, 1.82) is 0 Å². The summed E-state index contributed by atoms with van der Waals surface area (Å²) in [6.45, 7) is 0.0543. The Bertz CT molecular complexity index is 485. The second-order valence-corrected chi connectivity index (χ2v) is 3.26. The quantitative estimate of drug-likeness (QED) is 0.803. The van der Waals surface area contributed by atoms with Crippen LogP contribution in [0.1, 0.15) is 5.69 Å². The Labute approximate surface area is 88.0 Å². The normalized spacial score (nSPS) is 11.3. The summed E-state index contributed by atoms with van der Waals surface area (Å²) in [6, 6.07) is 7.91. The van der Waals surface area contributed by atoms with E-state index in [2.05, 4.69) is 4.98 Å². The van der Waals surface area contributed by atoms with Crippen molar-refractivity contribution in [2.45, 2.75) is 0 Å². The molecule has 0 saturated carbocycles. The molecule has 0 atom stereocenters. The van der Waals surface area contributed by atoms with Crippen LogP contribution >= 0.6 is 0 Å². The monoisotopic (exact) mass is 203 g/mol. The average molecular weight is 203 g/mol. The van der Waals surface area contributed by atoms with Gasteiger partial charge in [0.25, 0.3) is 0 Å². The van der Waals surface area contributed by atoms with E-state index >= 15 is 0 Å². The van der Waals surface area contributed by atoms with Gasteiger partial charge in [-0.05, 0) is 24.3 Å². The Kier molecular flexibility index (Phi) is 2.74. The fraction of sp³-hybridized carbons (Fsp3) is 0.167. The zero-order valence-electron chi connectivity index (χ0n) is 8.53. The molecule has 78 valence electrons. The Hall–Kier alpha value is -1.74. The van der Waals surface area contributed by atoms with Crippen molar-refractivity contribution in [3.8, 4) is 5.75 Å². The fourth-order valence-electron chi connectivity index (χ4n) is 1.53. The number of fused-ring (bicyclic) bond motifs is 1. The minimum absolute atomic E-state index is 0.0543. The second kappa shape index (κ2) is 4.19. The molecule has 2 N–H and O–H groups in total. The number of aromatic amines is 1. The van der Waals surface area contributed by atoms with Crippen LogP contribution in [0.4, 0.5) is 0 Å². The Morgan fingerprint density at radius 2 is 2.27 bits per heavy atom. The Balaban J connectivity index is 2.42. The van der Waals surface area contributed by atoms with Crippen LogP contribution in [0.25, 0.3) is 17.0 Å². The van der Waals surface area contributed by atoms with Crippen molar-refractivity contribution in [2.24, 2.45) is 0 Å². The maximum Gasteiger partial charge on any atom is 0.120 e. The van der Waals surface area contributed by atoms with Gasteiger partial charge in [-0.1, -0.05) is 6.08 Å². The molecule has 1 aromatic heterocycles. The zero-order valence-corrected chi connectivity index (χ0v) is 8.53. The number of nitrogens with one attached hydrogen (secondary N) is 1. The van der Waals surface area contributed by atoms with Gasteiger partial charge >= 0.3 is 0 Å². The number of aliphatic hydroxyl groups is 1. The molecule has 0 aliphatic heterocycles. The summed E-state index contributed by atoms with van der Waals surface area (Å²) in [5.74, 6) is 0.835. The molecule has 0 aliphatic carbocycles. The van der Waals surface area contributed by atoms with E-state index in [4.69, 9.17) is 9.84 Å². The number of hydrogen-bond donors (Lipinski definition) is 2. The summed E-state index contributed by atoms with van der Waals surface area (Å²) in [5, 5.41) is 9.80. The summed E-state index contributed by atoms with van der Waals surface area (Å²) < 4.78 is 5.13. The van der Waals surface area contributed by atoms with Crippen molar-refractivity contribution in [2.75, 3.05) is 13.7 Å². The summed E-state index contributed by atoms with van der Waals surface area (Å²) in [7, 11) is 1.65. The lowest BCUT2D eigenvalue weighted by atomic mass is 10.2. The number of aromatic nitrogens is 1. The van der Waals surface area contributed by atoms with Gasteiger partial charge in [-0.25, -0.2) is 0 Å². The highest BCUT2D eigenvalue weighted by molar-refractivity contribution is 5.83. The van der Waals surface area contributed by atoms with Gasteiger partial charge in [-0.3, -0.25) is 0 Å². The standard InChI is InChI=1S/C12H13NO2/c1-15-11-5-4-9-7-10(3-2-6-14)13-12(9)8-11/h2-5,7-8,13-14H,6H2,1H3/b3-2+. The number of rotatable bonds is 3. The highest BCUT2D eigenvalue weighted by Crippen LogP contribution is 2.21. The van der Waals surface area contributed by atoms with Crippen molar-refractivity contribution >= 4 is 17.0 Å². The van der Waals surface area contributed by atoms with Gasteiger partial charge in [0.2, 0.25) is 0 Å². The molecule has 0 radical (unpaired) electrons. The van der Waals surface area contributed by atoms with Crippen LogP contribution in [0, 0.1) is 0 Å². The van der Waals surface area contributed by atoms with Gasteiger partial charge in [-0.15, -0.1) is 0 Å². The number of benzene rings is 1. The number of aliphatic hydroxyl groups excluding tert-OH is 1. The van der Waals surface area contributed by atoms with Gasteiger partial charge in [-0.2, -0.15) is 0 Å². The maximum absolute atomic E-state index is 8.66. The summed E-state index contributed by atoms with van der Waals surface area (Å²) in [5.41, 5.74) is 2.01. The maximum atomic E-state index is 8.66. The van der Waals surface area contributed by atoms with Crippen LogP contribution in [0.3, 0.4) is 0 Å². The van der Waals surface area contributed by atoms with Gasteiger partial charge < -0.3 is 14.8 Å². The first-order valence-electron chi connectivity index (χ1n) is 4.77. The molecule has 0 unspecified atom stereocenters. The van der Waals surface area contributed by atoms with E-state index in [1.807, 2.05) is 30.3 Å². The number of hydrogen-bond acceptors (Lipinski definition) is 2. The predicted octanol–water partition coefficient (Wildman–Crippen LogP) is 2.18. The Morgan fingerprint density at radius 1 is 1.40 bits per heavy atom. The largest absolute Gasteiger partial charge is 0.497 e. The smallest absolute Gasteiger partial charge is 0.120 e. The molecule has 3 heteroatoms. The molecular weight excluding hydrogens is 190 g/mol. The average Bonchev–Trinajstić information content (AvgIpc) is 2.67. The molecule has 1 heterocycles. The van der Waals surface area contributed by atoms with E-state index in [1.54, 1.807) is 13.2 Å². The fourth-order valence-corrected chi connectivity index (χ4v) is 1.53. The lowest BCUT2D eigenvalue weighted by Crippen LogP contribution is -1.80. The first-order chi connectivity index (χ1) is 7.33. The molecule has 0 bridgehead atoms. The van der Waals surface area contributed by atoms with Crippen LogP contribution in [0.15, 0.2) is 30.3 Å². The van der Waals surface area contributed by atoms with Gasteiger partial charge in [0.15, 0.2) is 0 Å². The highest BCUT2D eigenvalue weighted by Gasteiger charge is 1.99. The molecule has 0 saturated heterocycles. The number of H-pyrrole nitrogens is 1. The summed E-state index contributed by atoms with van der Waals surface area (Å²) >= 11 is 0.